The third-order valence-electron chi connectivity index (χ3n) is 4.19. The lowest BCUT2D eigenvalue weighted by Gasteiger charge is -2.35. The van der Waals surface area contributed by atoms with Crippen molar-refractivity contribution in [3.05, 3.63) is 35.9 Å². The van der Waals surface area contributed by atoms with Gasteiger partial charge in [-0.15, -0.1) is 0 Å². The number of rotatable bonds is 7. The van der Waals surface area contributed by atoms with Gasteiger partial charge in [-0.1, -0.05) is 36.8 Å². The molecule has 1 aromatic rings. The number of aryl methyl sites for hydroxylation is 1. The lowest BCUT2D eigenvalue weighted by Crippen LogP contribution is -2.45. The van der Waals surface area contributed by atoms with Crippen molar-refractivity contribution in [2.45, 2.75) is 44.6 Å². The second-order valence-electron chi connectivity index (χ2n) is 5.69. The van der Waals surface area contributed by atoms with Crippen LogP contribution in [0.3, 0.4) is 0 Å². The summed E-state index contributed by atoms with van der Waals surface area (Å²) >= 11 is 0. The molecule has 1 aliphatic heterocycles. The van der Waals surface area contributed by atoms with E-state index in [4.69, 9.17) is 0 Å². The number of likely N-dealkylation sites (tertiary alicyclic amines) is 1. The van der Waals surface area contributed by atoms with Crippen molar-refractivity contribution in [3.63, 3.8) is 0 Å². The Kier molecular flexibility index (Phi) is 6.38. The van der Waals surface area contributed by atoms with Crippen LogP contribution in [0.15, 0.2) is 30.3 Å². The van der Waals surface area contributed by atoms with Gasteiger partial charge in [-0.05, 0) is 57.8 Å². The lowest BCUT2D eigenvalue weighted by atomic mass is 10.0. The number of piperidine rings is 1. The molecule has 0 amide bonds. The standard InChI is InChI=1S/C17H28N2/c1-18-15-17-12-6-8-14-19(17)13-7-5-11-16-9-3-2-4-10-16/h2-4,9-10,17-18H,5-8,11-15H2,1H3. The number of hydrogen-bond donors (Lipinski definition) is 1. The zero-order chi connectivity index (χ0) is 13.3. The van der Waals surface area contributed by atoms with Crippen LogP contribution < -0.4 is 5.32 Å². The Morgan fingerprint density at radius 1 is 1.16 bits per heavy atom. The molecule has 1 unspecified atom stereocenters. The average Bonchev–Trinajstić information content (AvgIpc) is 2.47. The van der Waals surface area contributed by atoms with Gasteiger partial charge in [0.05, 0.1) is 0 Å². The maximum atomic E-state index is 3.34. The van der Waals surface area contributed by atoms with E-state index in [9.17, 15) is 0 Å². The quantitative estimate of drug-likeness (QED) is 0.758. The largest absolute Gasteiger partial charge is 0.318 e. The van der Waals surface area contributed by atoms with Crippen LogP contribution in [-0.2, 0) is 6.42 Å². The fraction of sp³-hybridized carbons (Fsp3) is 0.647. The zero-order valence-electron chi connectivity index (χ0n) is 12.3. The second kappa shape index (κ2) is 8.34. The van der Waals surface area contributed by atoms with Crippen molar-refractivity contribution >= 4 is 0 Å². The van der Waals surface area contributed by atoms with Gasteiger partial charge in [0.15, 0.2) is 0 Å². The molecule has 1 aliphatic rings. The molecule has 2 rings (SSSR count). The molecular weight excluding hydrogens is 232 g/mol. The summed E-state index contributed by atoms with van der Waals surface area (Å²) in [5.41, 5.74) is 1.48. The lowest BCUT2D eigenvalue weighted by molar-refractivity contribution is 0.145. The Bertz CT molecular complexity index is 334. The van der Waals surface area contributed by atoms with Gasteiger partial charge in [-0.25, -0.2) is 0 Å². The van der Waals surface area contributed by atoms with Crippen molar-refractivity contribution < 1.29 is 0 Å². The molecule has 1 aromatic carbocycles. The summed E-state index contributed by atoms with van der Waals surface area (Å²) in [5, 5.41) is 3.34. The van der Waals surface area contributed by atoms with Gasteiger partial charge in [-0.2, -0.15) is 0 Å². The number of likely N-dealkylation sites (N-methyl/N-ethyl adjacent to an activating group) is 1. The molecule has 1 fully saturated rings. The Hall–Kier alpha value is -0.860. The predicted octanol–water partition coefficient (Wildman–Crippen LogP) is 3.08. The van der Waals surface area contributed by atoms with Crippen molar-refractivity contribution in [2.75, 3.05) is 26.7 Å². The summed E-state index contributed by atoms with van der Waals surface area (Å²) in [6, 6.07) is 11.6. The van der Waals surface area contributed by atoms with Crippen molar-refractivity contribution in [3.8, 4) is 0 Å². The Labute approximate surface area is 118 Å². The van der Waals surface area contributed by atoms with Crippen molar-refractivity contribution in [1.29, 1.82) is 0 Å². The number of unbranched alkanes of at least 4 members (excludes halogenated alkanes) is 1. The minimum absolute atomic E-state index is 0.774. The molecule has 2 heteroatoms. The fourth-order valence-electron chi connectivity index (χ4n) is 3.11. The highest BCUT2D eigenvalue weighted by atomic mass is 15.2. The smallest absolute Gasteiger partial charge is 0.0220 e. The van der Waals surface area contributed by atoms with E-state index in [-0.39, 0.29) is 0 Å². The van der Waals surface area contributed by atoms with Crippen LogP contribution in [0, 0.1) is 0 Å². The van der Waals surface area contributed by atoms with Gasteiger partial charge in [0, 0.05) is 12.6 Å². The summed E-state index contributed by atoms with van der Waals surface area (Å²) < 4.78 is 0. The molecule has 0 saturated carbocycles. The van der Waals surface area contributed by atoms with E-state index in [0.29, 0.717) is 0 Å². The first-order valence-electron chi connectivity index (χ1n) is 7.82. The zero-order valence-corrected chi connectivity index (χ0v) is 12.3. The van der Waals surface area contributed by atoms with E-state index in [1.54, 1.807) is 0 Å². The molecule has 0 radical (unpaired) electrons. The van der Waals surface area contributed by atoms with Gasteiger partial charge in [-0.3, -0.25) is 4.90 Å². The molecule has 0 aromatic heterocycles. The van der Waals surface area contributed by atoms with Crippen molar-refractivity contribution in [1.82, 2.24) is 10.2 Å². The van der Waals surface area contributed by atoms with Crippen molar-refractivity contribution in [2.24, 2.45) is 0 Å². The topological polar surface area (TPSA) is 15.3 Å². The van der Waals surface area contributed by atoms with Gasteiger partial charge in [0.2, 0.25) is 0 Å². The summed E-state index contributed by atoms with van der Waals surface area (Å²) in [4.78, 5) is 2.70. The molecule has 1 saturated heterocycles. The molecule has 0 bridgehead atoms. The number of nitrogens with one attached hydrogen (secondary N) is 1. The number of benzene rings is 1. The van der Waals surface area contributed by atoms with Crippen LogP contribution in [0.5, 0.6) is 0 Å². The molecular formula is C17H28N2. The first kappa shape index (κ1) is 14.5. The Morgan fingerprint density at radius 2 is 2.00 bits per heavy atom. The minimum atomic E-state index is 0.774. The molecule has 2 nitrogen and oxygen atoms in total. The monoisotopic (exact) mass is 260 g/mol. The van der Waals surface area contributed by atoms with Crippen LogP contribution in [0.25, 0.3) is 0 Å². The summed E-state index contributed by atoms with van der Waals surface area (Å²) in [6.45, 7) is 3.73. The average molecular weight is 260 g/mol. The highest BCUT2D eigenvalue weighted by Crippen LogP contribution is 2.17. The van der Waals surface area contributed by atoms with Gasteiger partial charge >= 0.3 is 0 Å². The third-order valence-corrected chi connectivity index (χ3v) is 4.19. The predicted molar refractivity (Wildman–Crippen MR) is 82.5 cm³/mol. The SMILES string of the molecule is CNCC1CCCCN1CCCCc1ccccc1. The summed E-state index contributed by atoms with van der Waals surface area (Å²) in [6.07, 6.45) is 8.04. The van der Waals surface area contributed by atoms with E-state index < -0.39 is 0 Å². The second-order valence-corrected chi connectivity index (χ2v) is 5.69. The maximum absolute atomic E-state index is 3.34. The number of nitrogens with zero attached hydrogens (tertiary/aromatic N) is 1. The summed E-state index contributed by atoms with van der Waals surface area (Å²) in [7, 11) is 2.07. The van der Waals surface area contributed by atoms with Crippen LogP contribution in [0.2, 0.25) is 0 Å². The van der Waals surface area contributed by atoms with E-state index in [2.05, 4.69) is 47.6 Å². The Balaban J connectivity index is 1.66. The van der Waals surface area contributed by atoms with Crippen LogP contribution >= 0.6 is 0 Å². The van der Waals surface area contributed by atoms with E-state index >= 15 is 0 Å². The molecule has 0 aliphatic carbocycles. The highest BCUT2D eigenvalue weighted by molar-refractivity contribution is 5.14. The third kappa shape index (κ3) is 4.96. The molecule has 1 heterocycles. The van der Waals surface area contributed by atoms with E-state index in [0.717, 1.165) is 12.6 Å². The molecule has 0 spiro atoms. The first-order valence-corrected chi connectivity index (χ1v) is 7.82. The van der Waals surface area contributed by atoms with Crippen LogP contribution in [0.1, 0.15) is 37.7 Å². The molecule has 19 heavy (non-hydrogen) atoms. The number of hydrogen-bond acceptors (Lipinski definition) is 2. The highest BCUT2D eigenvalue weighted by Gasteiger charge is 2.20. The molecule has 1 N–H and O–H groups in total. The van der Waals surface area contributed by atoms with E-state index in [1.165, 1.54) is 57.2 Å². The minimum Gasteiger partial charge on any atom is -0.318 e. The summed E-state index contributed by atoms with van der Waals surface area (Å²) in [5.74, 6) is 0. The normalized spacial score (nSPS) is 20.6. The molecule has 106 valence electrons. The van der Waals surface area contributed by atoms with Gasteiger partial charge in [0.1, 0.15) is 0 Å². The van der Waals surface area contributed by atoms with Crippen LogP contribution in [-0.4, -0.2) is 37.6 Å². The first-order chi connectivity index (χ1) is 9.40. The van der Waals surface area contributed by atoms with Gasteiger partial charge < -0.3 is 5.32 Å². The van der Waals surface area contributed by atoms with E-state index in [1.807, 2.05) is 0 Å². The van der Waals surface area contributed by atoms with Gasteiger partial charge in [0.25, 0.3) is 0 Å². The molecule has 1 atom stereocenters. The fourth-order valence-corrected chi connectivity index (χ4v) is 3.11. The Morgan fingerprint density at radius 3 is 2.79 bits per heavy atom. The maximum Gasteiger partial charge on any atom is 0.0220 e. The van der Waals surface area contributed by atoms with Crippen LogP contribution in [0.4, 0.5) is 0 Å².